The number of para-hydroxylation sites is 1. The molecule has 0 aliphatic rings. The van der Waals surface area contributed by atoms with Gasteiger partial charge in [0.2, 0.25) is 5.91 Å². The lowest BCUT2D eigenvalue weighted by molar-refractivity contribution is -0.117. The zero-order valence-electron chi connectivity index (χ0n) is 13.7. The fourth-order valence-corrected chi connectivity index (χ4v) is 2.74. The van der Waals surface area contributed by atoms with Crippen LogP contribution in [-0.4, -0.2) is 5.91 Å². The first kappa shape index (κ1) is 16.3. The lowest BCUT2D eigenvalue weighted by Gasteiger charge is -2.19. The van der Waals surface area contributed by atoms with Gasteiger partial charge in [-0.3, -0.25) is 4.79 Å². The summed E-state index contributed by atoms with van der Waals surface area (Å²) in [7, 11) is 0. The van der Waals surface area contributed by atoms with E-state index in [1.54, 1.807) is 0 Å². The zero-order chi connectivity index (χ0) is 15.9. The molecule has 2 aromatic rings. The van der Waals surface area contributed by atoms with Gasteiger partial charge in [0, 0.05) is 5.69 Å². The number of anilines is 1. The second-order valence-electron chi connectivity index (χ2n) is 5.76. The predicted molar refractivity (Wildman–Crippen MR) is 93.3 cm³/mol. The van der Waals surface area contributed by atoms with Crippen LogP contribution in [0.4, 0.5) is 5.69 Å². The molecule has 116 valence electrons. The van der Waals surface area contributed by atoms with Crippen LogP contribution < -0.4 is 5.32 Å². The SMILES string of the molecule is CCC(C)c1ccccc1NC(=O)C(CC)c1ccccc1. The molecule has 0 saturated heterocycles. The van der Waals surface area contributed by atoms with Crippen molar-refractivity contribution in [1.29, 1.82) is 0 Å². The van der Waals surface area contributed by atoms with E-state index in [0.717, 1.165) is 24.1 Å². The first-order valence-electron chi connectivity index (χ1n) is 8.12. The Bertz CT molecular complexity index is 606. The highest BCUT2D eigenvalue weighted by Gasteiger charge is 2.20. The minimum atomic E-state index is -0.105. The molecule has 1 amide bonds. The van der Waals surface area contributed by atoms with Crippen molar-refractivity contribution in [3.05, 3.63) is 65.7 Å². The van der Waals surface area contributed by atoms with Crippen LogP contribution in [-0.2, 0) is 4.79 Å². The maximum Gasteiger partial charge on any atom is 0.231 e. The first-order chi connectivity index (χ1) is 10.7. The molecule has 2 heteroatoms. The highest BCUT2D eigenvalue weighted by molar-refractivity contribution is 5.96. The number of carbonyl (C=O) groups is 1. The summed E-state index contributed by atoms with van der Waals surface area (Å²) in [6.45, 7) is 6.42. The van der Waals surface area contributed by atoms with Crippen LogP contribution in [0.25, 0.3) is 0 Å². The number of nitrogens with one attached hydrogen (secondary N) is 1. The minimum Gasteiger partial charge on any atom is -0.325 e. The molecule has 0 fully saturated rings. The van der Waals surface area contributed by atoms with Gasteiger partial charge in [-0.05, 0) is 36.0 Å². The highest BCUT2D eigenvalue weighted by atomic mass is 16.1. The van der Waals surface area contributed by atoms with E-state index in [0.29, 0.717) is 5.92 Å². The van der Waals surface area contributed by atoms with Crippen LogP contribution in [0.1, 0.15) is 56.6 Å². The summed E-state index contributed by atoms with van der Waals surface area (Å²) in [5.41, 5.74) is 3.22. The summed E-state index contributed by atoms with van der Waals surface area (Å²) >= 11 is 0. The molecule has 0 bridgehead atoms. The molecule has 2 rings (SSSR count). The molecule has 2 atom stereocenters. The van der Waals surface area contributed by atoms with Crippen molar-refractivity contribution < 1.29 is 4.79 Å². The third-order valence-corrected chi connectivity index (χ3v) is 4.29. The lowest BCUT2D eigenvalue weighted by Crippen LogP contribution is -2.21. The quantitative estimate of drug-likeness (QED) is 0.766. The Morgan fingerprint density at radius 3 is 2.23 bits per heavy atom. The predicted octanol–water partition coefficient (Wildman–Crippen LogP) is 5.33. The normalized spacial score (nSPS) is 13.4. The number of hydrogen-bond acceptors (Lipinski definition) is 1. The van der Waals surface area contributed by atoms with Gasteiger partial charge in [-0.2, -0.15) is 0 Å². The monoisotopic (exact) mass is 295 g/mol. The molecule has 0 saturated carbocycles. The van der Waals surface area contributed by atoms with Gasteiger partial charge in [0.15, 0.2) is 0 Å². The van der Waals surface area contributed by atoms with E-state index in [2.05, 4.69) is 32.2 Å². The smallest absolute Gasteiger partial charge is 0.231 e. The zero-order valence-corrected chi connectivity index (χ0v) is 13.7. The van der Waals surface area contributed by atoms with Gasteiger partial charge in [-0.25, -0.2) is 0 Å². The van der Waals surface area contributed by atoms with E-state index < -0.39 is 0 Å². The second kappa shape index (κ2) is 7.79. The van der Waals surface area contributed by atoms with Crippen LogP contribution in [0, 0.1) is 0 Å². The maximum atomic E-state index is 12.7. The van der Waals surface area contributed by atoms with Crippen molar-refractivity contribution >= 4 is 11.6 Å². The van der Waals surface area contributed by atoms with Crippen LogP contribution in [0.3, 0.4) is 0 Å². The first-order valence-corrected chi connectivity index (χ1v) is 8.12. The van der Waals surface area contributed by atoms with Gasteiger partial charge in [-0.15, -0.1) is 0 Å². The lowest BCUT2D eigenvalue weighted by atomic mass is 9.94. The maximum absolute atomic E-state index is 12.7. The number of benzene rings is 2. The van der Waals surface area contributed by atoms with Crippen LogP contribution >= 0.6 is 0 Å². The van der Waals surface area contributed by atoms with Crippen molar-refractivity contribution in [2.24, 2.45) is 0 Å². The van der Waals surface area contributed by atoms with E-state index in [1.165, 1.54) is 5.56 Å². The van der Waals surface area contributed by atoms with Gasteiger partial charge in [0.1, 0.15) is 0 Å². The number of rotatable bonds is 6. The largest absolute Gasteiger partial charge is 0.325 e. The Morgan fingerprint density at radius 1 is 0.955 bits per heavy atom. The minimum absolute atomic E-state index is 0.0736. The fraction of sp³-hybridized carbons (Fsp3) is 0.350. The average molecular weight is 295 g/mol. The summed E-state index contributed by atoms with van der Waals surface area (Å²) in [5.74, 6) is 0.406. The summed E-state index contributed by atoms with van der Waals surface area (Å²) in [6, 6.07) is 18.1. The van der Waals surface area contributed by atoms with Gasteiger partial charge < -0.3 is 5.32 Å². The van der Waals surface area contributed by atoms with E-state index >= 15 is 0 Å². The van der Waals surface area contributed by atoms with Gasteiger partial charge in [0.05, 0.1) is 5.92 Å². The van der Waals surface area contributed by atoms with Crippen molar-refractivity contribution in [3.8, 4) is 0 Å². The van der Waals surface area contributed by atoms with E-state index in [-0.39, 0.29) is 11.8 Å². The topological polar surface area (TPSA) is 29.1 Å². The number of carbonyl (C=O) groups excluding carboxylic acids is 1. The van der Waals surface area contributed by atoms with Crippen molar-refractivity contribution in [3.63, 3.8) is 0 Å². The number of hydrogen-bond donors (Lipinski definition) is 1. The molecule has 1 N–H and O–H groups in total. The molecule has 0 heterocycles. The summed E-state index contributed by atoms with van der Waals surface area (Å²) in [4.78, 5) is 12.7. The summed E-state index contributed by atoms with van der Waals surface area (Å²) in [5, 5.41) is 3.14. The summed E-state index contributed by atoms with van der Waals surface area (Å²) < 4.78 is 0. The van der Waals surface area contributed by atoms with Crippen LogP contribution in [0.2, 0.25) is 0 Å². The molecule has 2 aromatic carbocycles. The third kappa shape index (κ3) is 3.76. The fourth-order valence-electron chi connectivity index (χ4n) is 2.74. The molecule has 0 aliphatic heterocycles. The molecule has 0 aromatic heterocycles. The molecule has 2 unspecified atom stereocenters. The van der Waals surface area contributed by atoms with Crippen LogP contribution in [0.5, 0.6) is 0 Å². The number of amides is 1. The van der Waals surface area contributed by atoms with E-state index in [1.807, 2.05) is 48.5 Å². The molecule has 0 aliphatic carbocycles. The molecule has 2 nitrogen and oxygen atoms in total. The Balaban J connectivity index is 2.21. The van der Waals surface area contributed by atoms with Crippen LogP contribution in [0.15, 0.2) is 54.6 Å². The highest BCUT2D eigenvalue weighted by Crippen LogP contribution is 2.28. The van der Waals surface area contributed by atoms with Crippen molar-refractivity contribution in [2.75, 3.05) is 5.32 Å². The van der Waals surface area contributed by atoms with Gasteiger partial charge in [-0.1, -0.05) is 69.3 Å². The summed E-state index contributed by atoms with van der Waals surface area (Å²) in [6.07, 6.45) is 1.85. The Hall–Kier alpha value is -2.09. The standard InChI is InChI=1S/C20H25NO/c1-4-15(3)18-13-9-10-14-19(18)21-20(22)17(5-2)16-11-7-6-8-12-16/h6-15,17H,4-5H2,1-3H3,(H,21,22). The third-order valence-electron chi connectivity index (χ3n) is 4.29. The van der Waals surface area contributed by atoms with E-state index in [4.69, 9.17) is 0 Å². The molecular weight excluding hydrogens is 270 g/mol. The van der Waals surface area contributed by atoms with Crippen molar-refractivity contribution in [2.45, 2.75) is 45.4 Å². The average Bonchev–Trinajstić information content (AvgIpc) is 2.56. The molecule has 0 spiro atoms. The van der Waals surface area contributed by atoms with Gasteiger partial charge in [0.25, 0.3) is 0 Å². The van der Waals surface area contributed by atoms with Crippen molar-refractivity contribution in [1.82, 2.24) is 0 Å². The molecule has 22 heavy (non-hydrogen) atoms. The van der Waals surface area contributed by atoms with E-state index in [9.17, 15) is 4.79 Å². The molecular formula is C20H25NO. The Labute approximate surface area is 133 Å². The second-order valence-corrected chi connectivity index (χ2v) is 5.76. The Morgan fingerprint density at radius 2 is 1.59 bits per heavy atom. The van der Waals surface area contributed by atoms with Gasteiger partial charge >= 0.3 is 0 Å². The Kier molecular flexibility index (Phi) is 5.76. The molecule has 0 radical (unpaired) electrons.